The second-order valence-corrected chi connectivity index (χ2v) is 21.8. The SMILES string of the molecule is Cc1cc(C)c(Oc2ccc3c(c2)-c2nc-3nc3[nH]c(nc4nc(nc5[nH]c(n2)c2ccc(Oc6c(C)cc(C)cc6C)cc52)-c2ccc(Oc5c(C)cc(C)cc5C)cc2-4)c2ccc(Oc4c(C)cc(C)cc4C)cc32)c(C)c1. The smallest absolute Gasteiger partial charge is 0.164 e. The molecule has 12 nitrogen and oxygen atoms in total. The molecule has 0 radical (unpaired) electrons. The van der Waals surface area contributed by atoms with Crippen molar-refractivity contribution in [2.75, 3.05) is 0 Å². The van der Waals surface area contributed by atoms with E-state index in [1.54, 1.807) is 0 Å². The molecule has 2 aliphatic heterocycles. The van der Waals surface area contributed by atoms with E-state index in [9.17, 15) is 0 Å². The average Bonchev–Trinajstić information content (AvgIpc) is 4.19. The Labute approximate surface area is 463 Å². The fraction of sp³-hybridized carbons (Fsp3) is 0.176. The minimum absolute atomic E-state index is 0.440. The van der Waals surface area contributed by atoms with Crippen LogP contribution in [0.25, 0.3) is 89.7 Å². The van der Waals surface area contributed by atoms with Gasteiger partial charge in [-0.2, -0.15) is 0 Å². The van der Waals surface area contributed by atoms with Crippen LogP contribution in [0.15, 0.2) is 121 Å². The average molecular weight is 1050 g/mol. The Kier molecular flexibility index (Phi) is 11.9. The Morgan fingerprint density at radius 2 is 0.500 bits per heavy atom. The summed E-state index contributed by atoms with van der Waals surface area (Å²) in [5.41, 5.74) is 18.2. The van der Waals surface area contributed by atoms with Crippen LogP contribution in [-0.2, 0) is 0 Å². The van der Waals surface area contributed by atoms with Gasteiger partial charge in [-0.15, -0.1) is 0 Å². The summed E-state index contributed by atoms with van der Waals surface area (Å²) < 4.78 is 26.9. The lowest BCUT2D eigenvalue weighted by Gasteiger charge is -2.13. The zero-order chi connectivity index (χ0) is 55.4. The molecule has 0 unspecified atom stereocenters. The van der Waals surface area contributed by atoms with Crippen molar-refractivity contribution in [3.8, 4) is 91.5 Å². The molecule has 80 heavy (non-hydrogen) atoms. The number of hydrogen-bond acceptors (Lipinski definition) is 10. The van der Waals surface area contributed by atoms with Gasteiger partial charge in [-0.1, -0.05) is 70.8 Å². The Morgan fingerprint density at radius 3 is 0.800 bits per heavy atom. The van der Waals surface area contributed by atoms with Crippen molar-refractivity contribution in [2.24, 2.45) is 0 Å². The van der Waals surface area contributed by atoms with E-state index in [-0.39, 0.29) is 0 Å². The third-order valence-corrected chi connectivity index (χ3v) is 15.0. The summed E-state index contributed by atoms with van der Waals surface area (Å²) in [6, 6.07) is 41.0. The Bertz CT molecular complexity index is 4260. The summed E-state index contributed by atoms with van der Waals surface area (Å²) in [5.74, 6) is 7.58. The number of fused-ring (bicyclic) bond motifs is 20. The lowest BCUT2D eigenvalue weighted by Crippen LogP contribution is -1.93. The fourth-order valence-electron chi connectivity index (χ4n) is 11.7. The highest BCUT2D eigenvalue weighted by molar-refractivity contribution is 6.07. The van der Waals surface area contributed by atoms with E-state index in [1.807, 2.05) is 72.8 Å². The van der Waals surface area contributed by atoms with Crippen molar-refractivity contribution in [1.29, 1.82) is 0 Å². The fourth-order valence-corrected chi connectivity index (χ4v) is 11.7. The van der Waals surface area contributed by atoms with Gasteiger partial charge in [0.05, 0.1) is 0 Å². The molecule has 13 rings (SSSR count). The van der Waals surface area contributed by atoms with Gasteiger partial charge in [0, 0.05) is 43.8 Å². The van der Waals surface area contributed by atoms with Crippen LogP contribution < -0.4 is 18.9 Å². The monoisotopic (exact) mass is 1050 g/mol. The van der Waals surface area contributed by atoms with Crippen molar-refractivity contribution >= 4 is 44.1 Å². The van der Waals surface area contributed by atoms with Gasteiger partial charge in [-0.05, 0) is 200 Å². The number of H-pyrrole nitrogens is 2. The molecule has 5 heterocycles. The third-order valence-electron chi connectivity index (χ3n) is 15.0. The van der Waals surface area contributed by atoms with E-state index in [0.29, 0.717) is 68.9 Å². The normalized spacial score (nSPS) is 11.8. The molecule has 0 saturated carbocycles. The predicted octanol–water partition coefficient (Wildman–Crippen LogP) is 17.7. The molecule has 0 aliphatic carbocycles. The molecule has 8 bridgehead atoms. The first-order valence-corrected chi connectivity index (χ1v) is 26.9. The molecule has 8 aromatic carbocycles. The molecule has 0 fully saturated rings. The van der Waals surface area contributed by atoms with E-state index in [4.69, 9.17) is 48.9 Å². The zero-order valence-electron chi connectivity index (χ0n) is 46.9. The molecular weight excluding hydrogens is 993 g/mol. The summed E-state index contributed by atoms with van der Waals surface area (Å²) in [6.07, 6.45) is 0. The Balaban J connectivity index is 1.08. The maximum absolute atomic E-state index is 6.71. The summed E-state index contributed by atoms with van der Waals surface area (Å²) >= 11 is 0. The molecule has 3 aromatic heterocycles. The predicted molar refractivity (Wildman–Crippen MR) is 319 cm³/mol. The Hall–Kier alpha value is -9.68. The van der Waals surface area contributed by atoms with Crippen LogP contribution in [0.4, 0.5) is 0 Å². The van der Waals surface area contributed by atoms with E-state index in [0.717, 1.165) is 111 Å². The molecule has 2 N–H and O–H groups in total. The number of rotatable bonds is 8. The van der Waals surface area contributed by atoms with Crippen molar-refractivity contribution < 1.29 is 18.9 Å². The summed E-state index contributed by atoms with van der Waals surface area (Å²) in [7, 11) is 0. The van der Waals surface area contributed by atoms with Gasteiger partial charge in [-0.25, -0.2) is 29.9 Å². The molecule has 394 valence electrons. The highest BCUT2D eigenvalue weighted by Crippen LogP contribution is 2.43. The first-order chi connectivity index (χ1) is 38.5. The van der Waals surface area contributed by atoms with Crippen LogP contribution in [0.1, 0.15) is 66.8 Å². The van der Waals surface area contributed by atoms with E-state index >= 15 is 0 Å². The van der Waals surface area contributed by atoms with Crippen molar-refractivity contribution in [3.63, 3.8) is 0 Å². The number of aromatic nitrogens is 8. The van der Waals surface area contributed by atoms with Gasteiger partial charge >= 0.3 is 0 Å². The number of aromatic amines is 2. The second kappa shape index (κ2) is 19.1. The second-order valence-electron chi connectivity index (χ2n) is 21.8. The van der Waals surface area contributed by atoms with Gasteiger partial charge in [0.15, 0.2) is 23.3 Å². The molecular formula is C68H58N8O4. The van der Waals surface area contributed by atoms with Crippen molar-refractivity contribution in [2.45, 2.75) is 83.1 Å². The number of hydrogen-bond donors (Lipinski definition) is 2. The molecule has 0 atom stereocenters. The standard InChI is InChI=1S/C68H58N8O4/c1-33-21-37(5)57(38(6)22-33)77-45-13-17-49-53(29-45)65-69-61(49)74-66-55-31-47(79-59-41(9)25-35(3)26-42(59)10)15-19-51(55)63(71-66)76-68-56-32-48(80-60-43(11)27-36(4)28-44(60)12)16-20-52(56)64(72-68)75-67-54-30-46(14-18-50(54)62(70-67)73-65)78-58-39(7)23-34(2)24-40(58)8/h13-32H,1-12H3,(H2,69,70,71,72,73,74,75,76). The quantitative estimate of drug-likeness (QED) is 0.151. The lowest BCUT2D eigenvalue weighted by molar-refractivity contribution is 0.475. The highest BCUT2D eigenvalue weighted by Gasteiger charge is 2.25. The first-order valence-electron chi connectivity index (χ1n) is 26.9. The molecule has 0 amide bonds. The number of benzene rings is 8. The maximum atomic E-state index is 6.71. The van der Waals surface area contributed by atoms with Crippen molar-refractivity contribution in [1.82, 2.24) is 39.9 Å². The van der Waals surface area contributed by atoms with Gasteiger partial charge in [0.25, 0.3) is 0 Å². The van der Waals surface area contributed by atoms with Crippen LogP contribution in [0, 0.1) is 83.1 Å². The molecule has 2 aliphatic rings. The van der Waals surface area contributed by atoms with Crippen molar-refractivity contribution in [3.05, 3.63) is 188 Å². The molecule has 0 spiro atoms. The third kappa shape index (κ3) is 8.92. The summed E-state index contributed by atoms with van der Waals surface area (Å²) in [4.78, 5) is 39.3. The number of nitrogens with one attached hydrogen (secondary N) is 2. The van der Waals surface area contributed by atoms with Crippen LogP contribution in [0.5, 0.6) is 46.0 Å². The highest BCUT2D eigenvalue weighted by atomic mass is 16.5. The van der Waals surface area contributed by atoms with Gasteiger partial charge in [-0.3, -0.25) is 0 Å². The van der Waals surface area contributed by atoms with Crippen LogP contribution in [0.2, 0.25) is 0 Å². The van der Waals surface area contributed by atoms with E-state index < -0.39 is 0 Å². The zero-order valence-corrected chi connectivity index (χ0v) is 46.9. The molecule has 11 aromatic rings. The summed E-state index contributed by atoms with van der Waals surface area (Å²) in [5, 5.41) is 3.16. The van der Waals surface area contributed by atoms with Gasteiger partial charge < -0.3 is 28.9 Å². The number of aryl methyl sites for hydroxylation is 12. The number of ether oxygens (including phenoxy) is 4. The minimum atomic E-state index is 0.440. The summed E-state index contributed by atoms with van der Waals surface area (Å²) in [6.45, 7) is 24.9. The first kappa shape index (κ1) is 49.9. The topological polar surface area (TPSA) is 146 Å². The molecule has 12 heteroatoms. The minimum Gasteiger partial charge on any atom is -0.457 e. The lowest BCUT2D eigenvalue weighted by atomic mass is 10.1. The largest absolute Gasteiger partial charge is 0.457 e. The van der Waals surface area contributed by atoms with E-state index in [2.05, 4.69) is 142 Å². The Morgan fingerprint density at radius 1 is 0.250 bits per heavy atom. The van der Waals surface area contributed by atoms with Crippen LogP contribution >= 0.6 is 0 Å². The number of nitrogens with zero attached hydrogens (tertiary/aromatic N) is 6. The maximum Gasteiger partial charge on any atom is 0.164 e. The van der Waals surface area contributed by atoms with Gasteiger partial charge in [0.2, 0.25) is 0 Å². The van der Waals surface area contributed by atoms with E-state index in [1.165, 1.54) is 22.3 Å². The van der Waals surface area contributed by atoms with Crippen LogP contribution in [-0.4, -0.2) is 39.9 Å². The molecule has 0 saturated heterocycles. The van der Waals surface area contributed by atoms with Gasteiger partial charge in [0.1, 0.15) is 68.6 Å². The van der Waals surface area contributed by atoms with Crippen LogP contribution in [0.3, 0.4) is 0 Å².